The minimum atomic E-state index is 0.191. The molecule has 136 valence electrons. The lowest BCUT2D eigenvalue weighted by Gasteiger charge is -2.19. The van der Waals surface area contributed by atoms with Crippen LogP contribution in [0.2, 0.25) is 5.02 Å². The van der Waals surface area contributed by atoms with Gasteiger partial charge in [0.2, 0.25) is 0 Å². The van der Waals surface area contributed by atoms with E-state index in [0.717, 1.165) is 11.6 Å². The Kier molecular flexibility index (Phi) is 4.57. The van der Waals surface area contributed by atoms with Gasteiger partial charge in [-0.2, -0.15) is 0 Å². The van der Waals surface area contributed by atoms with E-state index in [4.69, 9.17) is 11.6 Å². The SMILES string of the molecule is CC(C)(C)c1ccc(Cn2ccc3cc(-c4ccc(Cl)cc4)ccc32)cc1. The number of halogens is 1. The molecule has 0 bridgehead atoms. The number of fused-ring (bicyclic) bond motifs is 1. The molecule has 4 aromatic rings. The van der Waals surface area contributed by atoms with Gasteiger partial charge in [0, 0.05) is 28.7 Å². The van der Waals surface area contributed by atoms with Crippen LogP contribution in [0.1, 0.15) is 31.9 Å². The van der Waals surface area contributed by atoms with E-state index in [1.165, 1.54) is 33.2 Å². The lowest BCUT2D eigenvalue weighted by molar-refractivity contribution is 0.590. The maximum atomic E-state index is 6.01. The molecule has 1 aromatic heterocycles. The Morgan fingerprint density at radius 3 is 2.11 bits per heavy atom. The van der Waals surface area contributed by atoms with Gasteiger partial charge in [0.15, 0.2) is 0 Å². The summed E-state index contributed by atoms with van der Waals surface area (Å²) in [7, 11) is 0. The number of benzene rings is 3. The molecule has 0 aliphatic carbocycles. The molecule has 1 nitrogen and oxygen atoms in total. The second-order valence-corrected chi connectivity index (χ2v) is 8.61. The van der Waals surface area contributed by atoms with Crippen LogP contribution in [0.25, 0.3) is 22.0 Å². The summed E-state index contributed by atoms with van der Waals surface area (Å²) in [6.45, 7) is 7.63. The molecule has 27 heavy (non-hydrogen) atoms. The van der Waals surface area contributed by atoms with Crippen molar-refractivity contribution in [3.63, 3.8) is 0 Å². The first-order valence-electron chi connectivity index (χ1n) is 9.34. The second-order valence-electron chi connectivity index (χ2n) is 8.17. The van der Waals surface area contributed by atoms with E-state index in [9.17, 15) is 0 Å². The van der Waals surface area contributed by atoms with E-state index in [-0.39, 0.29) is 5.41 Å². The van der Waals surface area contributed by atoms with Gasteiger partial charge in [0.25, 0.3) is 0 Å². The number of hydrogen-bond acceptors (Lipinski definition) is 0. The van der Waals surface area contributed by atoms with Crippen molar-refractivity contribution in [3.8, 4) is 11.1 Å². The second kappa shape index (κ2) is 6.90. The fraction of sp³-hybridized carbons (Fsp3) is 0.200. The van der Waals surface area contributed by atoms with Gasteiger partial charge in [-0.05, 0) is 58.0 Å². The third kappa shape index (κ3) is 3.79. The fourth-order valence-corrected chi connectivity index (χ4v) is 3.59. The molecule has 0 saturated heterocycles. The molecule has 4 rings (SSSR count). The molecule has 0 atom stereocenters. The van der Waals surface area contributed by atoms with Crippen LogP contribution in [0.15, 0.2) is 79.0 Å². The Labute approximate surface area is 166 Å². The van der Waals surface area contributed by atoms with E-state index in [1.54, 1.807) is 0 Å². The lowest BCUT2D eigenvalue weighted by atomic mass is 9.87. The van der Waals surface area contributed by atoms with Crippen LogP contribution in [0, 0.1) is 0 Å². The topological polar surface area (TPSA) is 4.93 Å². The Balaban J connectivity index is 1.61. The van der Waals surface area contributed by atoms with Gasteiger partial charge in [-0.3, -0.25) is 0 Å². The summed E-state index contributed by atoms with van der Waals surface area (Å²) < 4.78 is 2.31. The van der Waals surface area contributed by atoms with Crippen molar-refractivity contribution < 1.29 is 0 Å². The van der Waals surface area contributed by atoms with E-state index in [1.807, 2.05) is 12.1 Å². The molecule has 1 heterocycles. The Morgan fingerprint density at radius 2 is 1.44 bits per heavy atom. The third-order valence-electron chi connectivity index (χ3n) is 5.12. The highest BCUT2D eigenvalue weighted by Gasteiger charge is 2.13. The molecule has 0 N–H and O–H groups in total. The van der Waals surface area contributed by atoms with Crippen molar-refractivity contribution in [2.75, 3.05) is 0 Å². The molecule has 0 radical (unpaired) electrons. The van der Waals surface area contributed by atoms with Crippen LogP contribution in [0.5, 0.6) is 0 Å². The number of hydrogen-bond donors (Lipinski definition) is 0. The van der Waals surface area contributed by atoms with Crippen molar-refractivity contribution in [1.29, 1.82) is 0 Å². The molecule has 2 heteroatoms. The third-order valence-corrected chi connectivity index (χ3v) is 5.37. The zero-order valence-electron chi connectivity index (χ0n) is 16.0. The molecule has 0 aliphatic heterocycles. The molecule has 0 amide bonds. The van der Waals surface area contributed by atoms with Crippen LogP contribution >= 0.6 is 11.6 Å². The first-order chi connectivity index (χ1) is 12.9. The fourth-order valence-electron chi connectivity index (χ4n) is 3.47. The zero-order chi connectivity index (χ0) is 19.0. The number of nitrogens with zero attached hydrogens (tertiary/aromatic N) is 1. The summed E-state index contributed by atoms with van der Waals surface area (Å²) >= 11 is 6.01. The lowest BCUT2D eigenvalue weighted by Crippen LogP contribution is -2.10. The van der Waals surface area contributed by atoms with E-state index in [0.29, 0.717) is 0 Å². The molecule has 0 unspecified atom stereocenters. The zero-order valence-corrected chi connectivity index (χ0v) is 16.8. The highest BCUT2D eigenvalue weighted by Crippen LogP contribution is 2.27. The van der Waals surface area contributed by atoms with E-state index < -0.39 is 0 Å². The Morgan fingerprint density at radius 1 is 0.778 bits per heavy atom. The van der Waals surface area contributed by atoms with Gasteiger partial charge >= 0.3 is 0 Å². The van der Waals surface area contributed by atoms with E-state index >= 15 is 0 Å². The van der Waals surface area contributed by atoms with Gasteiger partial charge < -0.3 is 4.57 Å². The molecule has 0 saturated carbocycles. The Hall–Kier alpha value is -2.51. The number of rotatable bonds is 3. The molecule has 0 spiro atoms. The highest BCUT2D eigenvalue weighted by atomic mass is 35.5. The van der Waals surface area contributed by atoms with Crippen LogP contribution in [-0.2, 0) is 12.0 Å². The summed E-state index contributed by atoms with van der Waals surface area (Å²) in [5.74, 6) is 0. The minimum absolute atomic E-state index is 0.191. The number of aromatic nitrogens is 1. The summed E-state index contributed by atoms with van der Waals surface area (Å²) in [6, 6.07) is 25.8. The predicted molar refractivity (Wildman–Crippen MR) is 117 cm³/mol. The average Bonchev–Trinajstić information content (AvgIpc) is 3.04. The van der Waals surface area contributed by atoms with Crippen LogP contribution in [0.4, 0.5) is 0 Å². The van der Waals surface area contributed by atoms with Gasteiger partial charge in [-0.15, -0.1) is 0 Å². The van der Waals surface area contributed by atoms with Crippen molar-refractivity contribution in [2.24, 2.45) is 0 Å². The monoisotopic (exact) mass is 373 g/mol. The van der Waals surface area contributed by atoms with Gasteiger partial charge in [-0.1, -0.05) is 74.8 Å². The van der Waals surface area contributed by atoms with Crippen molar-refractivity contribution >= 4 is 22.5 Å². The minimum Gasteiger partial charge on any atom is -0.343 e. The summed E-state index contributed by atoms with van der Waals surface area (Å²) in [5.41, 5.74) is 6.54. The maximum absolute atomic E-state index is 6.01. The molecule has 0 aliphatic rings. The highest BCUT2D eigenvalue weighted by molar-refractivity contribution is 6.30. The van der Waals surface area contributed by atoms with Crippen LogP contribution in [0.3, 0.4) is 0 Å². The maximum Gasteiger partial charge on any atom is 0.0483 e. The molecule has 0 fully saturated rings. The molecular weight excluding hydrogens is 350 g/mol. The van der Waals surface area contributed by atoms with Crippen molar-refractivity contribution in [3.05, 3.63) is 95.1 Å². The Bertz CT molecular complexity index is 1060. The first kappa shape index (κ1) is 17.9. The van der Waals surface area contributed by atoms with E-state index in [2.05, 4.69) is 92.2 Å². The standard InChI is InChI=1S/C25H24ClN/c1-25(2,3)22-9-4-18(5-10-22)17-27-15-14-21-16-20(8-13-24(21)27)19-6-11-23(26)12-7-19/h4-16H,17H2,1-3H3. The summed E-state index contributed by atoms with van der Waals surface area (Å²) in [5, 5.41) is 2.03. The largest absolute Gasteiger partial charge is 0.343 e. The van der Waals surface area contributed by atoms with Crippen LogP contribution in [-0.4, -0.2) is 4.57 Å². The first-order valence-corrected chi connectivity index (χ1v) is 9.72. The summed E-state index contributed by atoms with van der Waals surface area (Å²) in [6.07, 6.45) is 2.17. The van der Waals surface area contributed by atoms with Crippen LogP contribution < -0.4 is 0 Å². The normalized spacial score (nSPS) is 11.9. The van der Waals surface area contributed by atoms with Crippen molar-refractivity contribution in [2.45, 2.75) is 32.7 Å². The smallest absolute Gasteiger partial charge is 0.0483 e. The molecule has 3 aromatic carbocycles. The predicted octanol–water partition coefficient (Wildman–Crippen LogP) is 7.31. The van der Waals surface area contributed by atoms with Gasteiger partial charge in [0.05, 0.1) is 0 Å². The quantitative estimate of drug-likeness (QED) is 0.355. The average molecular weight is 374 g/mol. The summed E-state index contributed by atoms with van der Waals surface area (Å²) in [4.78, 5) is 0. The molecular formula is C25H24ClN. The van der Waals surface area contributed by atoms with Gasteiger partial charge in [-0.25, -0.2) is 0 Å². The van der Waals surface area contributed by atoms with Gasteiger partial charge in [0.1, 0.15) is 0 Å². The van der Waals surface area contributed by atoms with Crippen molar-refractivity contribution in [1.82, 2.24) is 4.57 Å².